The van der Waals surface area contributed by atoms with E-state index >= 15 is 0 Å². The molecule has 1 heterocycles. The predicted molar refractivity (Wildman–Crippen MR) is 131 cm³/mol. The largest absolute Gasteiger partial charge is 0.489 e. The van der Waals surface area contributed by atoms with Gasteiger partial charge in [-0.25, -0.2) is 0 Å². The molecule has 0 saturated carbocycles. The highest BCUT2D eigenvalue weighted by atomic mass is 32.1. The first-order valence-electron chi connectivity index (χ1n) is 10.5. The zero-order valence-electron chi connectivity index (χ0n) is 17.7. The van der Waals surface area contributed by atoms with Crippen molar-refractivity contribution < 1.29 is 9.53 Å². The van der Waals surface area contributed by atoms with Gasteiger partial charge < -0.3 is 10.1 Å². The summed E-state index contributed by atoms with van der Waals surface area (Å²) >= 11 is 6.91. The summed E-state index contributed by atoms with van der Waals surface area (Å²) in [5, 5.41) is 16.3. The Labute approximate surface area is 197 Å². The third-order valence-corrected chi connectivity index (χ3v) is 6.80. The number of ether oxygens (including phenoxy) is 1. The molecule has 1 atom stereocenters. The smallest absolute Gasteiger partial charge is 0.257 e. The summed E-state index contributed by atoms with van der Waals surface area (Å²) in [5.74, 6) is 0.886. The van der Waals surface area contributed by atoms with Crippen LogP contribution < -0.4 is 15.4 Å². The van der Waals surface area contributed by atoms with Gasteiger partial charge in [-0.15, -0.1) is 11.3 Å². The number of carbonyl (C=O) groups excluding carboxylic acids is 1. The molecule has 1 aliphatic rings. The Hall–Kier alpha value is -3.21. The second-order valence-electron chi connectivity index (χ2n) is 7.88. The summed E-state index contributed by atoms with van der Waals surface area (Å²) in [6.07, 6.45) is 2.97. The molecule has 0 spiro atoms. The zero-order chi connectivity index (χ0) is 22.5. The average molecular weight is 462 g/mol. The van der Waals surface area contributed by atoms with Crippen molar-refractivity contribution in [3.8, 4) is 11.8 Å². The van der Waals surface area contributed by atoms with Crippen LogP contribution in [0.25, 0.3) is 0 Å². The molecule has 0 saturated heterocycles. The molecular weight excluding hydrogens is 438 g/mol. The van der Waals surface area contributed by atoms with Gasteiger partial charge in [-0.1, -0.05) is 43.3 Å². The Morgan fingerprint density at radius 1 is 1.25 bits per heavy atom. The van der Waals surface area contributed by atoms with E-state index in [1.165, 1.54) is 4.88 Å². The number of benzene rings is 2. The standard InChI is InChI=1S/C25H23N3O2S2/c1-16-10-11-20-21(14-26)24(32-22(20)12-16)28-25(31)27-23(29)18-8-5-9-19(13-18)30-15-17-6-3-2-4-7-17/h2-9,13,16H,10-12,15H2,1H3,(H2,27,28,29,31)/t16-/m1/s1. The van der Waals surface area contributed by atoms with Gasteiger partial charge in [-0.2, -0.15) is 5.26 Å². The summed E-state index contributed by atoms with van der Waals surface area (Å²) in [6.45, 7) is 2.65. The topological polar surface area (TPSA) is 74.2 Å². The lowest BCUT2D eigenvalue weighted by atomic mass is 9.89. The molecule has 0 aliphatic heterocycles. The number of thiocarbonyl (C=S) groups is 1. The molecule has 1 aliphatic carbocycles. The summed E-state index contributed by atoms with van der Waals surface area (Å²) in [7, 11) is 0. The number of rotatable bonds is 5. The SMILES string of the molecule is C[C@@H]1CCc2c(sc(NC(=S)NC(=O)c3cccc(OCc4ccccc4)c3)c2C#N)C1. The fourth-order valence-corrected chi connectivity index (χ4v) is 5.36. The molecule has 32 heavy (non-hydrogen) atoms. The third-order valence-electron chi connectivity index (χ3n) is 5.42. The van der Waals surface area contributed by atoms with Gasteiger partial charge in [0.2, 0.25) is 0 Å². The molecule has 0 bridgehead atoms. The van der Waals surface area contributed by atoms with Crippen LogP contribution in [0.5, 0.6) is 5.75 Å². The highest BCUT2D eigenvalue weighted by Crippen LogP contribution is 2.39. The van der Waals surface area contributed by atoms with Crippen LogP contribution in [0.2, 0.25) is 0 Å². The zero-order valence-corrected chi connectivity index (χ0v) is 19.3. The van der Waals surface area contributed by atoms with E-state index in [1.807, 2.05) is 36.4 Å². The van der Waals surface area contributed by atoms with E-state index in [9.17, 15) is 10.1 Å². The van der Waals surface area contributed by atoms with Crippen molar-refractivity contribution in [1.29, 1.82) is 5.26 Å². The predicted octanol–water partition coefficient (Wildman–Crippen LogP) is 5.45. The number of nitrogens with one attached hydrogen (secondary N) is 2. The molecule has 0 radical (unpaired) electrons. The van der Waals surface area contributed by atoms with Crippen LogP contribution in [0, 0.1) is 17.2 Å². The van der Waals surface area contributed by atoms with E-state index in [2.05, 4.69) is 23.6 Å². The van der Waals surface area contributed by atoms with Crippen molar-refractivity contribution in [2.24, 2.45) is 5.92 Å². The fourth-order valence-electron chi connectivity index (χ4n) is 3.73. The number of carbonyl (C=O) groups is 1. The molecule has 1 aromatic heterocycles. The van der Waals surface area contributed by atoms with Crippen LogP contribution in [0.4, 0.5) is 5.00 Å². The summed E-state index contributed by atoms with van der Waals surface area (Å²) in [4.78, 5) is 13.9. The number of fused-ring (bicyclic) bond motifs is 1. The van der Waals surface area contributed by atoms with Gasteiger partial charge in [0.25, 0.3) is 5.91 Å². The number of amides is 1. The fraction of sp³-hybridized carbons (Fsp3) is 0.240. The van der Waals surface area contributed by atoms with Gasteiger partial charge in [0.15, 0.2) is 5.11 Å². The van der Waals surface area contributed by atoms with E-state index in [0.29, 0.717) is 34.4 Å². The Balaban J connectivity index is 1.39. The normalized spacial score (nSPS) is 14.7. The van der Waals surface area contributed by atoms with E-state index in [1.54, 1.807) is 29.5 Å². The second-order valence-corrected chi connectivity index (χ2v) is 9.39. The first-order valence-corrected chi connectivity index (χ1v) is 11.7. The van der Waals surface area contributed by atoms with Crippen molar-refractivity contribution in [2.45, 2.75) is 32.8 Å². The number of nitrogens with zero attached hydrogens (tertiary/aromatic N) is 1. The van der Waals surface area contributed by atoms with Crippen LogP contribution in [0.15, 0.2) is 54.6 Å². The van der Waals surface area contributed by atoms with Crippen molar-refractivity contribution in [3.05, 3.63) is 81.7 Å². The average Bonchev–Trinajstić information content (AvgIpc) is 3.14. The number of thiophene rings is 1. The van der Waals surface area contributed by atoms with Crippen LogP contribution >= 0.6 is 23.6 Å². The van der Waals surface area contributed by atoms with Crippen molar-refractivity contribution in [1.82, 2.24) is 5.32 Å². The molecular formula is C25H23N3O2S2. The first kappa shape index (κ1) is 22.0. The van der Waals surface area contributed by atoms with E-state index in [4.69, 9.17) is 17.0 Å². The molecule has 2 aromatic carbocycles. The van der Waals surface area contributed by atoms with Crippen LogP contribution in [0.1, 0.15) is 45.3 Å². The summed E-state index contributed by atoms with van der Waals surface area (Å²) in [5.41, 5.74) is 3.26. The number of nitriles is 1. The van der Waals surface area contributed by atoms with E-state index in [-0.39, 0.29) is 11.0 Å². The molecule has 3 aromatic rings. The van der Waals surface area contributed by atoms with Gasteiger partial charge in [-0.3, -0.25) is 10.1 Å². The van der Waals surface area contributed by atoms with E-state index in [0.717, 1.165) is 30.4 Å². The van der Waals surface area contributed by atoms with Crippen LogP contribution in [0.3, 0.4) is 0 Å². The first-order chi connectivity index (χ1) is 15.5. The minimum absolute atomic E-state index is 0.175. The lowest BCUT2D eigenvalue weighted by molar-refractivity contribution is 0.0977. The molecule has 2 N–H and O–H groups in total. The maximum absolute atomic E-state index is 12.7. The maximum Gasteiger partial charge on any atom is 0.257 e. The number of hydrogen-bond donors (Lipinski definition) is 2. The highest BCUT2D eigenvalue weighted by molar-refractivity contribution is 7.80. The molecule has 1 amide bonds. The van der Waals surface area contributed by atoms with Crippen molar-refractivity contribution in [2.75, 3.05) is 5.32 Å². The van der Waals surface area contributed by atoms with Gasteiger partial charge in [-0.05, 0) is 66.7 Å². The van der Waals surface area contributed by atoms with Crippen molar-refractivity contribution >= 4 is 39.6 Å². The molecule has 4 rings (SSSR count). The molecule has 7 heteroatoms. The van der Waals surface area contributed by atoms with Crippen molar-refractivity contribution in [3.63, 3.8) is 0 Å². The molecule has 0 fully saturated rings. The quantitative estimate of drug-likeness (QED) is 0.494. The number of anilines is 1. The second kappa shape index (κ2) is 9.94. The minimum atomic E-state index is -0.332. The highest BCUT2D eigenvalue weighted by Gasteiger charge is 2.24. The van der Waals surface area contributed by atoms with Gasteiger partial charge in [0.05, 0.1) is 5.56 Å². The Bertz CT molecular complexity index is 1180. The Kier molecular flexibility index (Phi) is 6.84. The lowest BCUT2D eigenvalue weighted by Gasteiger charge is -2.17. The molecule has 162 valence electrons. The monoisotopic (exact) mass is 461 g/mol. The third kappa shape index (κ3) is 5.16. The Morgan fingerprint density at radius 3 is 2.84 bits per heavy atom. The van der Waals surface area contributed by atoms with Crippen LogP contribution in [-0.2, 0) is 19.4 Å². The van der Waals surface area contributed by atoms with Gasteiger partial charge >= 0.3 is 0 Å². The van der Waals surface area contributed by atoms with Crippen LogP contribution in [-0.4, -0.2) is 11.0 Å². The number of hydrogen-bond acceptors (Lipinski definition) is 5. The molecule has 5 nitrogen and oxygen atoms in total. The minimum Gasteiger partial charge on any atom is -0.489 e. The van der Waals surface area contributed by atoms with Gasteiger partial charge in [0, 0.05) is 10.4 Å². The van der Waals surface area contributed by atoms with Gasteiger partial charge in [0.1, 0.15) is 23.4 Å². The maximum atomic E-state index is 12.7. The van der Waals surface area contributed by atoms with E-state index < -0.39 is 0 Å². The summed E-state index contributed by atoms with van der Waals surface area (Å²) < 4.78 is 5.81. The lowest BCUT2D eigenvalue weighted by Crippen LogP contribution is -2.34. The molecule has 0 unspecified atom stereocenters. The summed E-state index contributed by atoms with van der Waals surface area (Å²) in [6, 6.07) is 19.1. The Morgan fingerprint density at radius 2 is 2.06 bits per heavy atom.